The molecule has 0 heterocycles. The highest BCUT2D eigenvalue weighted by molar-refractivity contribution is 6.32. The van der Waals surface area contributed by atoms with Gasteiger partial charge >= 0.3 is 24.6 Å². The minimum atomic E-state index is -6.58. The Morgan fingerprint density at radius 2 is 1.52 bits per heavy atom. The van der Waals surface area contributed by atoms with E-state index in [2.05, 4.69) is 10.1 Å². The first-order valence-corrected chi connectivity index (χ1v) is 11.7. The Hall–Kier alpha value is -4.01. The molecule has 0 aliphatic rings. The summed E-state index contributed by atoms with van der Waals surface area (Å²) < 4.78 is 143. The van der Waals surface area contributed by atoms with Crippen LogP contribution in [0.5, 0.6) is 11.5 Å². The number of hydrogen-bond donors (Lipinski definition) is 1. The number of carbonyl (C=O) groups excluding carboxylic acids is 2. The number of ether oxygens (including phenoxy) is 2. The first kappa shape index (κ1) is 32.5. The lowest BCUT2D eigenvalue weighted by Crippen LogP contribution is -2.50. The molecule has 0 radical (unpaired) electrons. The summed E-state index contributed by atoms with van der Waals surface area (Å²) in [7, 11) is 1.09. The van der Waals surface area contributed by atoms with Crippen LogP contribution in [0, 0.1) is 5.82 Å². The molecule has 3 aromatic carbocycles. The van der Waals surface area contributed by atoms with E-state index in [9.17, 15) is 53.5 Å². The lowest BCUT2D eigenvalue weighted by molar-refractivity contribution is -0.348. The number of benzene rings is 3. The number of halogens is 11. The van der Waals surface area contributed by atoms with Gasteiger partial charge in [-0.1, -0.05) is 17.7 Å². The Balaban J connectivity index is 2.04. The second kappa shape index (κ2) is 12.1. The van der Waals surface area contributed by atoms with Gasteiger partial charge in [-0.3, -0.25) is 9.59 Å². The number of methoxy groups -OCH3 is 1. The average molecular weight is 632 g/mol. The molecule has 1 amide bonds. The number of alkyl halides is 9. The number of amides is 1. The van der Waals surface area contributed by atoms with Gasteiger partial charge in [-0.25, -0.2) is 8.78 Å². The molecule has 0 fully saturated rings. The predicted molar refractivity (Wildman–Crippen MR) is 128 cm³/mol. The molecule has 3 aromatic rings. The zero-order valence-electron chi connectivity index (χ0n) is 20.8. The molecule has 0 atom stereocenters. The Kier molecular flexibility index (Phi) is 9.35. The highest BCUT2D eigenvalue weighted by atomic mass is 35.5. The normalized spacial score (nSPS) is 12.3. The van der Waals surface area contributed by atoms with Crippen LogP contribution in [-0.2, 0) is 12.1 Å². The molecule has 0 saturated carbocycles. The second-order valence-electron chi connectivity index (χ2n) is 8.41. The number of para-hydroxylation sites is 1. The summed E-state index contributed by atoms with van der Waals surface area (Å²) in [6.07, 6.45) is -14.2. The summed E-state index contributed by atoms with van der Waals surface area (Å²) in [4.78, 5) is 25.7. The third-order valence-electron chi connectivity index (χ3n) is 5.76. The second-order valence-corrected chi connectivity index (χ2v) is 8.82. The first-order valence-electron chi connectivity index (χ1n) is 11.3. The van der Waals surface area contributed by atoms with E-state index < -0.39 is 70.5 Å². The SMILES string of the molecule is COc1c(NC(=O)c2ccc(F)cc2)cccc1C(=O)Cc1c(Cl)cc(C(F)(C(F)(F)F)C(F)(F)F)cc1OC(F)F. The molecular formula is C26H16ClF10NO4. The summed E-state index contributed by atoms with van der Waals surface area (Å²) in [6, 6.07) is 7.66. The maximum absolute atomic E-state index is 14.6. The average Bonchev–Trinajstić information content (AvgIpc) is 2.88. The van der Waals surface area contributed by atoms with E-state index in [1.807, 2.05) is 0 Å². The molecule has 0 bridgehead atoms. The van der Waals surface area contributed by atoms with Crippen LogP contribution in [0.4, 0.5) is 49.6 Å². The fraction of sp³-hybridized carbons (Fsp3) is 0.231. The Morgan fingerprint density at radius 1 is 0.929 bits per heavy atom. The molecular weight excluding hydrogens is 616 g/mol. The summed E-state index contributed by atoms with van der Waals surface area (Å²) >= 11 is 5.82. The van der Waals surface area contributed by atoms with Crippen molar-refractivity contribution in [2.24, 2.45) is 0 Å². The summed E-state index contributed by atoms with van der Waals surface area (Å²) in [5, 5.41) is 1.30. The molecule has 0 aliphatic carbocycles. The van der Waals surface area contributed by atoms with E-state index in [0.29, 0.717) is 0 Å². The van der Waals surface area contributed by atoms with Gasteiger partial charge in [0.25, 0.3) is 5.91 Å². The topological polar surface area (TPSA) is 64.6 Å². The fourth-order valence-electron chi connectivity index (χ4n) is 3.80. The zero-order valence-corrected chi connectivity index (χ0v) is 21.5. The van der Waals surface area contributed by atoms with E-state index in [1.165, 1.54) is 12.1 Å². The van der Waals surface area contributed by atoms with Gasteiger partial charge in [0.1, 0.15) is 11.6 Å². The number of hydrogen-bond acceptors (Lipinski definition) is 4. The number of ketones is 1. The van der Waals surface area contributed by atoms with Gasteiger partial charge in [0.15, 0.2) is 11.5 Å². The lowest BCUT2D eigenvalue weighted by Gasteiger charge is -2.31. The third kappa shape index (κ3) is 6.55. The van der Waals surface area contributed by atoms with Crippen LogP contribution in [-0.4, -0.2) is 37.8 Å². The third-order valence-corrected chi connectivity index (χ3v) is 6.10. The summed E-state index contributed by atoms with van der Waals surface area (Å²) in [5.41, 5.74) is -9.43. The number of anilines is 1. The van der Waals surface area contributed by atoms with Crippen molar-refractivity contribution in [3.8, 4) is 11.5 Å². The maximum Gasteiger partial charge on any atom is 0.435 e. The van der Waals surface area contributed by atoms with E-state index in [0.717, 1.165) is 37.4 Å². The number of nitrogens with one attached hydrogen (secondary N) is 1. The maximum atomic E-state index is 14.6. The molecule has 226 valence electrons. The Morgan fingerprint density at radius 3 is 2.05 bits per heavy atom. The minimum Gasteiger partial charge on any atom is -0.494 e. The highest BCUT2D eigenvalue weighted by Gasteiger charge is 2.73. The van der Waals surface area contributed by atoms with Crippen LogP contribution >= 0.6 is 11.6 Å². The van der Waals surface area contributed by atoms with Crippen molar-refractivity contribution in [3.63, 3.8) is 0 Å². The lowest BCUT2D eigenvalue weighted by atomic mass is 9.91. The molecule has 42 heavy (non-hydrogen) atoms. The Bertz CT molecular complexity index is 1460. The van der Waals surface area contributed by atoms with Gasteiger partial charge in [-0.2, -0.15) is 35.1 Å². The van der Waals surface area contributed by atoms with E-state index in [-0.39, 0.29) is 34.7 Å². The van der Waals surface area contributed by atoms with Gasteiger partial charge in [-0.15, -0.1) is 0 Å². The van der Waals surface area contributed by atoms with Crippen molar-refractivity contribution in [3.05, 3.63) is 87.7 Å². The van der Waals surface area contributed by atoms with Gasteiger partial charge < -0.3 is 14.8 Å². The number of Topliss-reactive ketones (excluding diaryl/α,β-unsaturated/α-hetero) is 1. The van der Waals surface area contributed by atoms with Crippen LogP contribution in [0.1, 0.15) is 31.8 Å². The van der Waals surface area contributed by atoms with Crippen LogP contribution in [0.3, 0.4) is 0 Å². The summed E-state index contributed by atoms with van der Waals surface area (Å²) in [5.74, 6) is -4.10. The minimum absolute atomic E-state index is 0.0116. The smallest absolute Gasteiger partial charge is 0.435 e. The van der Waals surface area contributed by atoms with E-state index in [1.54, 1.807) is 0 Å². The van der Waals surface area contributed by atoms with Crippen molar-refractivity contribution in [1.82, 2.24) is 0 Å². The van der Waals surface area contributed by atoms with Gasteiger partial charge in [0, 0.05) is 28.1 Å². The highest BCUT2D eigenvalue weighted by Crippen LogP contribution is 2.54. The number of rotatable bonds is 9. The molecule has 0 unspecified atom stereocenters. The quantitative estimate of drug-likeness (QED) is 0.192. The molecule has 3 rings (SSSR count). The molecule has 0 aliphatic heterocycles. The molecule has 0 spiro atoms. The molecule has 16 heteroatoms. The van der Waals surface area contributed by atoms with Crippen molar-refractivity contribution >= 4 is 29.0 Å². The van der Waals surface area contributed by atoms with E-state index in [4.69, 9.17) is 16.3 Å². The zero-order chi connectivity index (χ0) is 31.6. The van der Waals surface area contributed by atoms with E-state index >= 15 is 0 Å². The molecule has 0 aromatic heterocycles. The monoisotopic (exact) mass is 631 g/mol. The van der Waals surface area contributed by atoms with Crippen molar-refractivity contribution in [2.45, 2.75) is 31.1 Å². The van der Waals surface area contributed by atoms with Crippen LogP contribution < -0.4 is 14.8 Å². The van der Waals surface area contributed by atoms with Gasteiger partial charge in [0.2, 0.25) is 0 Å². The molecule has 1 N–H and O–H groups in total. The van der Waals surface area contributed by atoms with Crippen LogP contribution in [0.25, 0.3) is 0 Å². The van der Waals surface area contributed by atoms with Crippen LogP contribution in [0.15, 0.2) is 54.6 Å². The Labute approximate surface area is 235 Å². The first-order chi connectivity index (χ1) is 19.4. The largest absolute Gasteiger partial charge is 0.494 e. The van der Waals surface area contributed by atoms with Gasteiger partial charge in [0.05, 0.1) is 18.4 Å². The molecule has 0 saturated heterocycles. The van der Waals surface area contributed by atoms with Crippen LogP contribution in [0.2, 0.25) is 5.02 Å². The fourth-order valence-corrected chi connectivity index (χ4v) is 4.07. The summed E-state index contributed by atoms with van der Waals surface area (Å²) in [6.45, 7) is -3.82. The van der Waals surface area contributed by atoms with Crippen molar-refractivity contribution < 1.29 is 63.0 Å². The van der Waals surface area contributed by atoms with Crippen molar-refractivity contribution in [2.75, 3.05) is 12.4 Å². The van der Waals surface area contributed by atoms with Gasteiger partial charge in [-0.05, 0) is 48.5 Å². The van der Waals surface area contributed by atoms with Crippen molar-refractivity contribution in [1.29, 1.82) is 0 Å². The standard InChI is InChI=1S/C26H16ClF10NO4/c1-41-21-15(3-2-4-18(21)38-22(40)12-5-7-14(28)8-6-12)19(39)11-16-17(27)9-13(10-20(16)42-23(29)30)24(31,25(32,33)34)26(35,36)37/h2-10,23H,11H2,1H3,(H,38,40). The molecule has 5 nitrogen and oxygen atoms in total. The number of carbonyl (C=O) groups is 2. The predicted octanol–water partition coefficient (Wildman–Crippen LogP) is 8.06.